The summed E-state index contributed by atoms with van der Waals surface area (Å²) < 4.78 is 16.7. The van der Waals surface area contributed by atoms with Crippen molar-refractivity contribution < 1.29 is 4.39 Å². The minimum atomic E-state index is -0.303. The Morgan fingerprint density at radius 1 is 1.04 bits per heavy atom. The molecular formula is C21H20FN5O. The number of nitrogens with zero attached hydrogens (tertiary/aromatic N) is 3. The van der Waals surface area contributed by atoms with Crippen LogP contribution in [0.15, 0.2) is 53.5 Å². The highest BCUT2D eigenvalue weighted by molar-refractivity contribution is 5.95. The summed E-state index contributed by atoms with van der Waals surface area (Å²) in [5.74, 6) is -0.303. The van der Waals surface area contributed by atoms with Crippen LogP contribution >= 0.6 is 0 Å². The van der Waals surface area contributed by atoms with E-state index in [1.807, 2.05) is 36.4 Å². The molecule has 2 aromatic rings. The van der Waals surface area contributed by atoms with E-state index in [1.54, 1.807) is 12.3 Å². The fourth-order valence-electron chi connectivity index (χ4n) is 3.87. The van der Waals surface area contributed by atoms with Gasteiger partial charge in [-0.1, -0.05) is 18.2 Å². The van der Waals surface area contributed by atoms with E-state index in [0.29, 0.717) is 33.5 Å². The third kappa shape index (κ3) is 2.66. The summed E-state index contributed by atoms with van der Waals surface area (Å²) in [4.78, 5) is 17.8. The highest BCUT2D eigenvalue weighted by Gasteiger charge is 2.22. The van der Waals surface area contributed by atoms with Gasteiger partial charge in [0, 0.05) is 31.2 Å². The zero-order valence-corrected chi connectivity index (χ0v) is 15.3. The first-order valence-corrected chi connectivity index (χ1v) is 9.48. The summed E-state index contributed by atoms with van der Waals surface area (Å²) in [6.45, 7) is 3.35. The van der Waals surface area contributed by atoms with Crippen molar-refractivity contribution in [3.8, 4) is 16.9 Å². The molecule has 0 atom stereocenters. The fourth-order valence-corrected chi connectivity index (χ4v) is 3.87. The number of aromatic nitrogens is 3. The van der Waals surface area contributed by atoms with Crippen LogP contribution in [0.4, 0.5) is 10.1 Å². The van der Waals surface area contributed by atoms with Crippen molar-refractivity contribution in [2.24, 2.45) is 0 Å². The van der Waals surface area contributed by atoms with Crippen LogP contribution in [-0.4, -0.2) is 40.9 Å². The lowest BCUT2D eigenvalue weighted by Crippen LogP contribution is -2.28. The Morgan fingerprint density at radius 2 is 1.89 bits per heavy atom. The predicted molar refractivity (Wildman–Crippen MR) is 108 cm³/mol. The zero-order valence-electron chi connectivity index (χ0n) is 15.3. The maximum absolute atomic E-state index is 15.3. The van der Waals surface area contributed by atoms with E-state index in [0.717, 1.165) is 32.6 Å². The molecular weight excluding hydrogens is 357 g/mol. The number of benzene rings is 2. The Hall–Kier alpha value is -3.19. The third-order valence-corrected chi connectivity index (χ3v) is 5.30. The molecule has 5 rings (SSSR count). The van der Waals surface area contributed by atoms with Crippen LogP contribution in [0.1, 0.15) is 6.42 Å². The molecule has 3 aliphatic heterocycles. The number of nitrogens with one attached hydrogen (secondary N) is 2. The largest absolute Gasteiger partial charge is 0.368 e. The molecule has 142 valence electrons. The number of hydrogen-bond acceptors (Lipinski definition) is 4. The van der Waals surface area contributed by atoms with Crippen LogP contribution in [0, 0.1) is 5.82 Å². The molecule has 2 N–H and O–H groups in total. The summed E-state index contributed by atoms with van der Waals surface area (Å²) in [6, 6.07) is 12.9. The summed E-state index contributed by atoms with van der Waals surface area (Å²) in [5, 5.41) is 8.45. The van der Waals surface area contributed by atoms with E-state index in [4.69, 9.17) is 0 Å². The summed E-state index contributed by atoms with van der Waals surface area (Å²) in [6.07, 6.45) is 2.53. The minimum Gasteiger partial charge on any atom is -0.368 e. The highest BCUT2D eigenvalue weighted by atomic mass is 19.1. The van der Waals surface area contributed by atoms with Gasteiger partial charge in [0.05, 0.1) is 22.5 Å². The second-order valence-electron chi connectivity index (χ2n) is 7.02. The number of rotatable bonds is 2. The van der Waals surface area contributed by atoms with Crippen molar-refractivity contribution in [2.75, 3.05) is 31.1 Å². The van der Waals surface area contributed by atoms with Crippen LogP contribution < -0.4 is 15.8 Å². The fraction of sp³-hybridized carbons (Fsp3) is 0.238. The molecule has 3 heterocycles. The van der Waals surface area contributed by atoms with Crippen molar-refractivity contribution in [2.45, 2.75) is 6.42 Å². The SMILES string of the molecule is O=c1c2c[nH]c3c(F)c(N4CCCNCC4)ccc3c-2nn1-c1ccccc1. The molecule has 0 aliphatic carbocycles. The van der Waals surface area contributed by atoms with E-state index >= 15 is 4.39 Å². The molecule has 0 unspecified atom stereocenters. The van der Waals surface area contributed by atoms with Crippen molar-refractivity contribution in [1.29, 1.82) is 0 Å². The number of anilines is 1. The van der Waals surface area contributed by atoms with Gasteiger partial charge in [0.15, 0.2) is 5.82 Å². The second kappa shape index (κ2) is 6.76. The molecule has 28 heavy (non-hydrogen) atoms. The van der Waals surface area contributed by atoms with Crippen molar-refractivity contribution in [1.82, 2.24) is 20.1 Å². The van der Waals surface area contributed by atoms with E-state index in [-0.39, 0.29) is 11.4 Å². The van der Waals surface area contributed by atoms with Gasteiger partial charge in [-0.3, -0.25) is 4.79 Å². The smallest absolute Gasteiger partial charge is 0.282 e. The number of para-hydroxylation sites is 1. The molecule has 0 saturated carbocycles. The Kier molecular flexibility index (Phi) is 4.09. The van der Waals surface area contributed by atoms with Gasteiger partial charge in [0.2, 0.25) is 0 Å². The lowest BCUT2D eigenvalue weighted by atomic mass is 10.1. The Morgan fingerprint density at radius 3 is 2.75 bits per heavy atom. The molecule has 3 aliphatic rings. The average Bonchev–Trinajstić information content (AvgIpc) is 2.90. The Labute approximate surface area is 160 Å². The number of H-pyrrole nitrogens is 1. The minimum absolute atomic E-state index is 0.220. The quantitative estimate of drug-likeness (QED) is 0.564. The van der Waals surface area contributed by atoms with Gasteiger partial charge in [0.25, 0.3) is 5.56 Å². The van der Waals surface area contributed by atoms with E-state index < -0.39 is 0 Å². The molecule has 0 bridgehead atoms. The molecule has 0 radical (unpaired) electrons. The number of pyridine rings is 1. The average molecular weight is 377 g/mol. The third-order valence-electron chi connectivity index (χ3n) is 5.30. The molecule has 0 aromatic heterocycles. The number of fused-ring (bicyclic) bond motifs is 3. The first-order chi connectivity index (χ1) is 13.7. The summed E-state index contributed by atoms with van der Waals surface area (Å²) in [7, 11) is 0. The summed E-state index contributed by atoms with van der Waals surface area (Å²) in [5.41, 5.74) is 2.37. The standard InChI is InChI=1S/C21H20FN5O/c22-18-17(26-11-4-9-23-10-12-26)8-7-15-19-16(13-24-20(15)18)21(28)27(25-19)14-5-2-1-3-6-14/h1-3,5-8,13,23-24H,4,9-12H2. The Bertz CT molecular complexity index is 1160. The first kappa shape index (κ1) is 16.9. The van der Waals surface area contributed by atoms with Crippen molar-refractivity contribution >= 4 is 16.6 Å². The second-order valence-corrected chi connectivity index (χ2v) is 7.02. The number of hydrogen-bond donors (Lipinski definition) is 2. The molecule has 1 saturated heterocycles. The van der Waals surface area contributed by atoms with Gasteiger partial charge in [-0.05, 0) is 37.2 Å². The van der Waals surface area contributed by atoms with Crippen molar-refractivity contribution in [3.63, 3.8) is 0 Å². The molecule has 7 heteroatoms. The summed E-state index contributed by atoms with van der Waals surface area (Å²) >= 11 is 0. The van der Waals surface area contributed by atoms with Crippen LogP contribution in [0.25, 0.3) is 27.8 Å². The highest BCUT2D eigenvalue weighted by Crippen LogP contribution is 2.32. The van der Waals surface area contributed by atoms with E-state index in [1.165, 1.54) is 4.68 Å². The van der Waals surface area contributed by atoms with E-state index in [2.05, 4.69) is 20.3 Å². The van der Waals surface area contributed by atoms with Crippen molar-refractivity contribution in [3.05, 3.63) is 64.8 Å². The van der Waals surface area contributed by atoms with Crippen LogP contribution in [0.3, 0.4) is 0 Å². The molecule has 1 fully saturated rings. The van der Waals surface area contributed by atoms with Gasteiger partial charge < -0.3 is 15.2 Å². The lowest BCUT2D eigenvalue weighted by molar-refractivity contribution is 0.626. The number of halogens is 1. The van der Waals surface area contributed by atoms with E-state index in [9.17, 15) is 4.79 Å². The molecule has 0 spiro atoms. The maximum Gasteiger partial charge on any atom is 0.282 e. The predicted octanol–water partition coefficient (Wildman–Crippen LogP) is 2.76. The first-order valence-electron chi connectivity index (χ1n) is 9.48. The van der Waals surface area contributed by atoms with Gasteiger partial charge in [-0.15, -0.1) is 0 Å². The Balaban J connectivity index is 1.68. The van der Waals surface area contributed by atoms with Crippen LogP contribution in [0.5, 0.6) is 0 Å². The van der Waals surface area contributed by atoms with Gasteiger partial charge >= 0.3 is 0 Å². The van der Waals surface area contributed by atoms with Gasteiger partial charge in [0.1, 0.15) is 5.69 Å². The topological polar surface area (TPSA) is 66.0 Å². The van der Waals surface area contributed by atoms with Gasteiger partial charge in [-0.2, -0.15) is 9.78 Å². The normalized spacial score (nSPS) is 15.2. The monoisotopic (exact) mass is 377 g/mol. The molecule has 0 amide bonds. The van der Waals surface area contributed by atoms with Crippen LogP contribution in [0.2, 0.25) is 0 Å². The molecule has 6 nitrogen and oxygen atoms in total. The number of aromatic amines is 1. The lowest BCUT2D eigenvalue weighted by Gasteiger charge is -2.23. The molecule has 2 aromatic carbocycles. The zero-order chi connectivity index (χ0) is 19.1. The van der Waals surface area contributed by atoms with Gasteiger partial charge in [-0.25, -0.2) is 4.39 Å². The van der Waals surface area contributed by atoms with Crippen LogP contribution in [-0.2, 0) is 0 Å². The maximum atomic E-state index is 15.3.